The third-order valence-electron chi connectivity index (χ3n) is 4.78. The fourth-order valence-corrected chi connectivity index (χ4v) is 3.55. The highest BCUT2D eigenvalue weighted by atomic mass is 16.2. The number of carbonyl (C=O) groups excluding carboxylic acids is 1. The van der Waals surface area contributed by atoms with Gasteiger partial charge in [-0.1, -0.05) is 30.4 Å². The largest absolute Gasteiger partial charge is 0.337 e. The molecule has 2 aromatic rings. The molecule has 0 aliphatic carbocycles. The molecule has 0 unspecified atom stereocenters. The van der Waals surface area contributed by atoms with E-state index in [1.165, 1.54) is 12.2 Å². The Bertz CT molecular complexity index is 1070. The van der Waals surface area contributed by atoms with Gasteiger partial charge in [0.1, 0.15) is 6.54 Å². The van der Waals surface area contributed by atoms with E-state index in [4.69, 9.17) is 0 Å². The number of amides is 1. The molecule has 0 radical (unpaired) electrons. The van der Waals surface area contributed by atoms with Gasteiger partial charge in [0, 0.05) is 11.7 Å². The first-order valence-electron chi connectivity index (χ1n) is 8.97. The van der Waals surface area contributed by atoms with Gasteiger partial charge in [0.25, 0.3) is 0 Å². The Morgan fingerprint density at radius 1 is 1.00 bits per heavy atom. The molecule has 8 heteroatoms. The molecule has 0 spiro atoms. The van der Waals surface area contributed by atoms with E-state index in [0.29, 0.717) is 6.42 Å². The van der Waals surface area contributed by atoms with Crippen LogP contribution in [0.25, 0.3) is 0 Å². The van der Waals surface area contributed by atoms with Gasteiger partial charge in [0.2, 0.25) is 5.91 Å². The van der Waals surface area contributed by atoms with Gasteiger partial charge in [-0.05, 0) is 25.0 Å². The second-order valence-corrected chi connectivity index (χ2v) is 6.68. The number of rotatable bonds is 6. The lowest BCUT2D eigenvalue weighted by atomic mass is 10.1. The number of carbonyl (C=O) groups is 1. The molecule has 1 amide bonds. The molecular formula is C20H22N4O4. The summed E-state index contributed by atoms with van der Waals surface area (Å²) < 4.78 is 2.56. The minimum atomic E-state index is -0.830. The van der Waals surface area contributed by atoms with Crippen LogP contribution >= 0.6 is 0 Å². The summed E-state index contributed by atoms with van der Waals surface area (Å²) in [6.45, 7) is 8.40. The maximum Gasteiger partial charge on any atom is 0.337 e. The Balaban J connectivity index is 2.07. The lowest BCUT2D eigenvalue weighted by Crippen LogP contribution is -2.56. The van der Waals surface area contributed by atoms with Crippen LogP contribution in [0.5, 0.6) is 0 Å². The van der Waals surface area contributed by atoms with Crippen molar-refractivity contribution in [2.45, 2.75) is 39.0 Å². The average Bonchev–Trinajstić information content (AvgIpc) is 3.01. The van der Waals surface area contributed by atoms with Crippen LogP contribution in [0.3, 0.4) is 0 Å². The highest BCUT2D eigenvalue weighted by Gasteiger charge is 2.31. The van der Waals surface area contributed by atoms with Crippen molar-refractivity contribution in [2.75, 3.05) is 4.90 Å². The SMILES string of the molecule is C=CCn1c(=O)n(CC=C)c(=O)n(CC(=O)N2c3ccccc3C[C@@H]2C)c1=O. The Hall–Kier alpha value is -3.42. The van der Waals surface area contributed by atoms with Crippen molar-refractivity contribution in [1.82, 2.24) is 13.7 Å². The van der Waals surface area contributed by atoms with E-state index in [2.05, 4.69) is 13.2 Å². The van der Waals surface area contributed by atoms with Crippen LogP contribution in [0.4, 0.5) is 5.69 Å². The Labute approximate surface area is 161 Å². The van der Waals surface area contributed by atoms with Crippen LogP contribution in [-0.2, 0) is 30.8 Å². The van der Waals surface area contributed by atoms with Crippen molar-refractivity contribution in [3.05, 3.63) is 86.6 Å². The minimum absolute atomic E-state index is 0.0633. The summed E-state index contributed by atoms with van der Waals surface area (Å²) in [6.07, 6.45) is 3.47. The first-order valence-corrected chi connectivity index (χ1v) is 8.97. The normalized spacial score (nSPS) is 15.3. The van der Waals surface area contributed by atoms with Crippen molar-refractivity contribution < 1.29 is 4.79 Å². The maximum absolute atomic E-state index is 13.0. The zero-order valence-electron chi connectivity index (χ0n) is 15.7. The van der Waals surface area contributed by atoms with Crippen molar-refractivity contribution >= 4 is 11.6 Å². The maximum atomic E-state index is 13.0. The summed E-state index contributed by atoms with van der Waals surface area (Å²) in [5.74, 6) is -0.384. The molecule has 146 valence electrons. The molecule has 2 heterocycles. The molecule has 8 nitrogen and oxygen atoms in total. The summed E-state index contributed by atoms with van der Waals surface area (Å²) >= 11 is 0. The van der Waals surface area contributed by atoms with Crippen molar-refractivity contribution in [3.8, 4) is 0 Å². The van der Waals surface area contributed by atoms with Crippen molar-refractivity contribution in [3.63, 3.8) is 0 Å². The standard InChI is InChI=1S/C20H22N4O4/c1-4-10-21-18(26)22(11-5-2)20(28)23(19(21)27)13-17(25)24-14(3)12-15-8-6-7-9-16(15)24/h4-9,14H,1-2,10-13H2,3H3/t14-/m0/s1. The Morgan fingerprint density at radius 3 is 2.11 bits per heavy atom. The fraction of sp³-hybridized carbons (Fsp3) is 0.300. The fourth-order valence-electron chi connectivity index (χ4n) is 3.55. The van der Waals surface area contributed by atoms with Crippen LogP contribution in [-0.4, -0.2) is 25.7 Å². The number of aromatic nitrogens is 3. The van der Waals surface area contributed by atoms with Crippen molar-refractivity contribution in [1.29, 1.82) is 0 Å². The summed E-state index contributed by atoms with van der Waals surface area (Å²) in [5.41, 5.74) is -0.596. The van der Waals surface area contributed by atoms with Crippen LogP contribution in [0.15, 0.2) is 64.0 Å². The smallest absolute Gasteiger partial charge is 0.307 e. The minimum Gasteiger partial charge on any atom is -0.307 e. The number of anilines is 1. The molecule has 1 atom stereocenters. The Kier molecular flexibility index (Phi) is 5.30. The van der Waals surface area contributed by atoms with Gasteiger partial charge < -0.3 is 4.90 Å². The van der Waals surface area contributed by atoms with Gasteiger partial charge in [0.15, 0.2) is 0 Å². The van der Waals surface area contributed by atoms with Gasteiger partial charge in [-0.15, -0.1) is 13.2 Å². The van der Waals surface area contributed by atoms with Gasteiger partial charge in [-0.3, -0.25) is 4.79 Å². The highest BCUT2D eigenvalue weighted by Crippen LogP contribution is 2.31. The summed E-state index contributed by atoms with van der Waals surface area (Å²) in [4.78, 5) is 52.4. The number of nitrogens with zero attached hydrogens (tertiary/aromatic N) is 4. The molecule has 0 saturated heterocycles. The zero-order valence-corrected chi connectivity index (χ0v) is 15.7. The van der Waals surface area contributed by atoms with E-state index >= 15 is 0 Å². The predicted molar refractivity (Wildman–Crippen MR) is 107 cm³/mol. The molecular weight excluding hydrogens is 360 g/mol. The number of benzene rings is 1. The summed E-state index contributed by atoms with van der Waals surface area (Å²) in [6, 6.07) is 7.45. The first-order chi connectivity index (χ1) is 13.4. The van der Waals surface area contributed by atoms with E-state index in [9.17, 15) is 19.2 Å². The molecule has 0 saturated carbocycles. The van der Waals surface area contributed by atoms with E-state index in [1.54, 1.807) is 4.90 Å². The average molecular weight is 382 g/mol. The van der Waals surface area contributed by atoms with Crippen molar-refractivity contribution in [2.24, 2.45) is 0 Å². The first kappa shape index (κ1) is 19.3. The molecule has 0 N–H and O–H groups in total. The lowest BCUT2D eigenvalue weighted by Gasteiger charge is -2.23. The second kappa shape index (κ2) is 7.67. The molecule has 1 aromatic heterocycles. The van der Waals surface area contributed by atoms with E-state index in [1.807, 2.05) is 31.2 Å². The predicted octanol–water partition coefficient (Wildman–Crippen LogP) is 0.521. The van der Waals surface area contributed by atoms with Gasteiger partial charge in [0.05, 0.1) is 13.1 Å². The van der Waals surface area contributed by atoms with Gasteiger partial charge >= 0.3 is 17.1 Å². The van der Waals surface area contributed by atoms with Crippen LogP contribution in [0.1, 0.15) is 12.5 Å². The Morgan fingerprint density at radius 2 is 1.54 bits per heavy atom. The molecule has 1 aromatic carbocycles. The van der Waals surface area contributed by atoms with Crippen LogP contribution < -0.4 is 22.0 Å². The van der Waals surface area contributed by atoms with E-state index in [-0.39, 0.29) is 25.0 Å². The highest BCUT2D eigenvalue weighted by molar-refractivity contribution is 5.96. The molecule has 0 bridgehead atoms. The van der Waals surface area contributed by atoms with Gasteiger partial charge in [-0.25, -0.2) is 28.1 Å². The van der Waals surface area contributed by atoms with Crippen LogP contribution in [0.2, 0.25) is 0 Å². The summed E-state index contributed by atoms with van der Waals surface area (Å²) in [5, 5.41) is 0. The van der Waals surface area contributed by atoms with Gasteiger partial charge in [-0.2, -0.15) is 0 Å². The second-order valence-electron chi connectivity index (χ2n) is 6.68. The quantitative estimate of drug-likeness (QED) is 0.682. The molecule has 28 heavy (non-hydrogen) atoms. The molecule has 3 rings (SSSR count). The topological polar surface area (TPSA) is 86.3 Å². The third kappa shape index (κ3) is 3.17. The molecule has 1 aliphatic rings. The van der Waals surface area contributed by atoms with Crippen LogP contribution in [0, 0.1) is 0 Å². The molecule has 1 aliphatic heterocycles. The number of hydrogen-bond acceptors (Lipinski definition) is 4. The third-order valence-corrected chi connectivity index (χ3v) is 4.78. The number of para-hydroxylation sites is 1. The van der Waals surface area contributed by atoms with E-state index in [0.717, 1.165) is 25.0 Å². The number of fused-ring (bicyclic) bond motifs is 1. The zero-order chi connectivity index (χ0) is 20.4. The number of allylic oxidation sites excluding steroid dienone is 2. The summed E-state index contributed by atoms with van der Waals surface area (Å²) in [7, 11) is 0. The number of hydrogen-bond donors (Lipinski definition) is 0. The lowest BCUT2D eigenvalue weighted by molar-refractivity contribution is -0.119. The monoisotopic (exact) mass is 382 g/mol. The molecule has 0 fully saturated rings. The van der Waals surface area contributed by atoms with E-state index < -0.39 is 23.6 Å².